The van der Waals surface area contributed by atoms with Crippen molar-refractivity contribution in [2.24, 2.45) is 22.1 Å². The molecule has 8 nitrogen and oxygen atoms in total. The van der Waals surface area contributed by atoms with Crippen LogP contribution in [0, 0.1) is 11.3 Å². The first-order valence-electron chi connectivity index (χ1n) is 16.3. The second kappa shape index (κ2) is 15.4. The standard InChI is InChI=1S/C36H50N4O4/c1-35(2,3)44-34(43)39-24-21-36(22-25-39,30-18-11-6-12-19-30)20-13-23-40(27-32(42)29-16-9-5-10-17-29)33(37)38-26-31(41)28-14-7-4-8-15-28/h4-5,7-10,14-17,30H,6,11-13,18-27H2,1-3H3,(H2,37,38). The van der Waals surface area contributed by atoms with Crippen molar-refractivity contribution in [1.82, 2.24) is 9.80 Å². The van der Waals surface area contributed by atoms with Crippen LogP contribution in [-0.4, -0.2) is 71.7 Å². The van der Waals surface area contributed by atoms with Gasteiger partial charge in [-0.15, -0.1) is 0 Å². The Kier molecular flexibility index (Phi) is 11.6. The number of guanidine groups is 1. The number of amides is 1. The molecule has 2 aromatic carbocycles. The second-order valence-electron chi connectivity index (χ2n) is 13.4. The minimum Gasteiger partial charge on any atom is -0.444 e. The van der Waals surface area contributed by atoms with E-state index in [1.165, 1.54) is 32.1 Å². The van der Waals surface area contributed by atoms with Crippen molar-refractivity contribution in [1.29, 1.82) is 0 Å². The van der Waals surface area contributed by atoms with Crippen LogP contribution in [0.3, 0.4) is 0 Å². The van der Waals surface area contributed by atoms with Gasteiger partial charge in [0.1, 0.15) is 12.1 Å². The number of ether oxygens (including phenoxy) is 1. The molecular weight excluding hydrogens is 552 g/mol. The summed E-state index contributed by atoms with van der Waals surface area (Å²) in [4.78, 5) is 46.9. The summed E-state index contributed by atoms with van der Waals surface area (Å²) in [5.41, 5.74) is 7.32. The Hall–Kier alpha value is -3.68. The van der Waals surface area contributed by atoms with Crippen LogP contribution in [0.15, 0.2) is 65.7 Å². The summed E-state index contributed by atoms with van der Waals surface area (Å²) < 4.78 is 5.67. The van der Waals surface area contributed by atoms with E-state index in [0.717, 1.165) is 25.7 Å². The first-order chi connectivity index (χ1) is 21.1. The Morgan fingerprint density at radius 1 is 0.909 bits per heavy atom. The van der Waals surface area contributed by atoms with Crippen molar-refractivity contribution in [2.45, 2.75) is 84.2 Å². The van der Waals surface area contributed by atoms with E-state index in [-0.39, 0.29) is 42.1 Å². The predicted octanol–water partition coefficient (Wildman–Crippen LogP) is 6.75. The van der Waals surface area contributed by atoms with Gasteiger partial charge in [0.15, 0.2) is 17.5 Å². The molecule has 238 valence electrons. The lowest BCUT2D eigenvalue weighted by atomic mass is 9.61. The van der Waals surface area contributed by atoms with E-state index >= 15 is 0 Å². The Morgan fingerprint density at radius 2 is 1.48 bits per heavy atom. The molecule has 1 aliphatic heterocycles. The van der Waals surface area contributed by atoms with Crippen LogP contribution in [0.4, 0.5) is 4.79 Å². The highest BCUT2D eigenvalue weighted by atomic mass is 16.6. The second-order valence-corrected chi connectivity index (χ2v) is 13.4. The number of nitrogens with two attached hydrogens (primary N) is 1. The van der Waals surface area contributed by atoms with Crippen molar-refractivity contribution in [3.8, 4) is 0 Å². The molecule has 2 aliphatic rings. The zero-order valence-corrected chi connectivity index (χ0v) is 26.8. The molecule has 8 heteroatoms. The number of ketones is 2. The zero-order valence-electron chi connectivity index (χ0n) is 26.8. The van der Waals surface area contributed by atoms with Gasteiger partial charge in [0.05, 0.1) is 6.54 Å². The fraction of sp³-hybridized carbons (Fsp3) is 0.556. The molecule has 1 aliphatic carbocycles. The average Bonchev–Trinajstić information content (AvgIpc) is 3.03. The Morgan fingerprint density at radius 3 is 2.05 bits per heavy atom. The average molecular weight is 603 g/mol. The number of piperidine rings is 1. The first-order valence-corrected chi connectivity index (χ1v) is 16.3. The molecule has 1 amide bonds. The SMILES string of the molecule is CC(C)(C)OC(=O)N1CCC(CCCN(CC(=O)c2ccccc2)C(N)=NCC(=O)c2ccccc2)(C2CCCCC2)CC1. The van der Waals surface area contributed by atoms with Gasteiger partial charge in [-0.1, -0.05) is 79.9 Å². The summed E-state index contributed by atoms with van der Waals surface area (Å²) in [5.74, 6) is 0.692. The molecular formula is C36H50N4O4. The third-order valence-electron chi connectivity index (χ3n) is 9.22. The van der Waals surface area contributed by atoms with E-state index in [0.29, 0.717) is 36.7 Å². The lowest BCUT2D eigenvalue weighted by molar-refractivity contribution is -0.0100. The molecule has 2 aromatic rings. The largest absolute Gasteiger partial charge is 0.444 e. The number of hydrogen-bond donors (Lipinski definition) is 1. The van der Waals surface area contributed by atoms with Crippen LogP contribution < -0.4 is 5.73 Å². The Bertz CT molecular complexity index is 1260. The number of nitrogens with zero attached hydrogens (tertiary/aromatic N) is 3. The molecule has 44 heavy (non-hydrogen) atoms. The molecule has 1 heterocycles. The predicted molar refractivity (Wildman–Crippen MR) is 175 cm³/mol. The topological polar surface area (TPSA) is 105 Å². The molecule has 2 fully saturated rings. The Balaban J connectivity index is 1.45. The smallest absolute Gasteiger partial charge is 0.410 e. The number of carbonyl (C=O) groups excluding carboxylic acids is 3. The molecule has 0 bridgehead atoms. The number of aliphatic imine (C=N–C) groups is 1. The number of hydrogen-bond acceptors (Lipinski definition) is 5. The molecule has 2 N–H and O–H groups in total. The van der Waals surface area contributed by atoms with Crippen molar-refractivity contribution < 1.29 is 19.1 Å². The van der Waals surface area contributed by atoms with Gasteiger partial charge in [-0.05, 0) is 70.6 Å². The van der Waals surface area contributed by atoms with E-state index in [9.17, 15) is 14.4 Å². The van der Waals surface area contributed by atoms with E-state index in [1.54, 1.807) is 12.1 Å². The van der Waals surface area contributed by atoms with Crippen LogP contribution in [-0.2, 0) is 4.74 Å². The van der Waals surface area contributed by atoms with Gasteiger partial charge in [0.25, 0.3) is 0 Å². The first kappa shape index (κ1) is 33.2. The molecule has 4 rings (SSSR count). The maximum Gasteiger partial charge on any atom is 0.410 e. The number of carbonyl (C=O) groups is 3. The summed E-state index contributed by atoms with van der Waals surface area (Å²) in [5, 5.41) is 0. The third kappa shape index (κ3) is 9.41. The van der Waals surface area contributed by atoms with Crippen LogP contribution >= 0.6 is 0 Å². The molecule has 1 saturated carbocycles. The van der Waals surface area contributed by atoms with Gasteiger partial charge >= 0.3 is 6.09 Å². The number of rotatable bonds is 11. The maximum atomic E-state index is 13.2. The highest BCUT2D eigenvalue weighted by molar-refractivity contribution is 6.00. The quantitative estimate of drug-likeness (QED) is 0.173. The molecule has 0 unspecified atom stereocenters. The van der Waals surface area contributed by atoms with E-state index < -0.39 is 5.60 Å². The van der Waals surface area contributed by atoms with Crippen LogP contribution in [0.25, 0.3) is 0 Å². The third-order valence-corrected chi connectivity index (χ3v) is 9.22. The van der Waals surface area contributed by atoms with Gasteiger partial charge < -0.3 is 20.3 Å². The summed E-state index contributed by atoms with van der Waals surface area (Å²) in [6.07, 6.45) is 9.78. The van der Waals surface area contributed by atoms with Crippen LogP contribution in [0.2, 0.25) is 0 Å². The van der Waals surface area contributed by atoms with Gasteiger partial charge in [-0.25, -0.2) is 9.79 Å². The van der Waals surface area contributed by atoms with Gasteiger partial charge in [-0.2, -0.15) is 0 Å². The van der Waals surface area contributed by atoms with Gasteiger partial charge in [0.2, 0.25) is 0 Å². The van der Waals surface area contributed by atoms with Gasteiger partial charge in [-0.3, -0.25) is 9.59 Å². The summed E-state index contributed by atoms with van der Waals surface area (Å²) in [7, 11) is 0. The molecule has 0 atom stereocenters. The fourth-order valence-electron chi connectivity index (χ4n) is 6.79. The molecule has 0 radical (unpaired) electrons. The van der Waals surface area contributed by atoms with Crippen LogP contribution in [0.5, 0.6) is 0 Å². The number of benzene rings is 2. The monoisotopic (exact) mass is 602 g/mol. The highest BCUT2D eigenvalue weighted by Crippen LogP contribution is 2.49. The molecule has 1 saturated heterocycles. The van der Waals surface area contributed by atoms with E-state index in [4.69, 9.17) is 10.5 Å². The number of Topliss-reactive ketones (excluding diaryl/α,β-unsaturated/α-hetero) is 2. The minimum absolute atomic E-state index is 0.0363. The summed E-state index contributed by atoms with van der Waals surface area (Å²) in [6, 6.07) is 18.3. The van der Waals surface area contributed by atoms with Crippen molar-refractivity contribution in [3.05, 3.63) is 71.8 Å². The van der Waals surface area contributed by atoms with E-state index in [1.807, 2.05) is 79.1 Å². The lowest BCUT2D eigenvalue weighted by Crippen LogP contribution is -2.48. The summed E-state index contributed by atoms with van der Waals surface area (Å²) in [6.45, 7) is 7.71. The van der Waals surface area contributed by atoms with Crippen molar-refractivity contribution >= 4 is 23.6 Å². The van der Waals surface area contributed by atoms with Crippen molar-refractivity contribution in [3.63, 3.8) is 0 Å². The Labute approximate surface area is 263 Å². The van der Waals surface area contributed by atoms with Crippen LogP contribution in [0.1, 0.15) is 99.3 Å². The minimum atomic E-state index is -0.511. The van der Waals surface area contributed by atoms with Gasteiger partial charge in [0, 0.05) is 30.8 Å². The zero-order chi connectivity index (χ0) is 31.6. The number of likely N-dealkylation sites (tertiary alicyclic amines) is 1. The normalized spacial score (nSPS) is 17.6. The highest BCUT2D eigenvalue weighted by Gasteiger charge is 2.42. The molecule has 0 spiro atoms. The van der Waals surface area contributed by atoms with E-state index in [2.05, 4.69) is 4.99 Å². The maximum absolute atomic E-state index is 13.2. The summed E-state index contributed by atoms with van der Waals surface area (Å²) >= 11 is 0. The fourth-order valence-corrected chi connectivity index (χ4v) is 6.79. The lowest BCUT2D eigenvalue weighted by Gasteiger charge is -2.48. The van der Waals surface area contributed by atoms with Crippen molar-refractivity contribution in [2.75, 3.05) is 32.7 Å². The molecule has 0 aromatic heterocycles.